The van der Waals surface area contributed by atoms with Gasteiger partial charge in [-0.2, -0.15) is 4.31 Å². The van der Waals surface area contributed by atoms with Gasteiger partial charge in [0.25, 0.3) is 0 Å². The lowest BCUT2D eigenvalue weighted by Gasteiger charge is -2.48. The summed E-state index contributed by atoms with van der Waals surface area (Å²) in [5.74, 6) is 0.441. The van der Waals surface area contributed by atoms with Crippen LogP contribution < -0.4 is 10.1 Å². The third kappa shape index (κ3) is 4.20. The van der Waals surface area contributed by atoms with E-state index in [1.807, 2.05) is 26.0 Å². The van der Waals surface area contributed by atoms with Crippen molar-refractivity contribution in [3.63, 3.8) is 0 Å². The molecule has 0 spiro atoms. The van der Waals surface area contributed by atoms with Gasteiger partial charge in [-0.25, -0.2) is 8.42 Å². The maximum Gasteiger partial charge on any atom is 0.244 e. The van der Waals surface area contributed by atoms with E-state index >= 15 is 0 Å². The summed E-state index contributed by atoms with van der Waals surface area (Å²) in [5, 5.41) is 2.96. The van der Waals surface area contributed by atoms with Gasteiger partial charge in [-0.1, -0.05) is 0 Å². The second-order valence-electron chi connectivity index (χ2n) is 8.30. The Hall–Kier alpha value is -2.45. The van der Waals surface area contributed by atoms with Crippen LogP contribution in [0.3, 0.4) is 0 Å². The van der Waals surface area contributed by atoms with Gasteiger partial charge in [0.2, 0.25) is 15.9 Å². The van der Waals surface area contributed by atoms with Crippen LogP contribution >= 0.6 is 0 Å². The molecule has 1 aromatic heterocycles. The van der Waals surface area contributed by atoms with Gasteiger partial charge < -0.3 is 10.1 Å². The highest BCUT2D eigenvalue weighted by Crippen LogP contribution is 2.42. The molecule has 160 valence electrons. The molecule has 3 atom stereocenters. The molecule has 0 radical (unpaired) electrons. The number of hydrogen-bond acceptors (Lipinski definition) is 5. The molecule has 2 bridgehead atoms. The quantitative estimate of drug-likeness (QED) is 0.761. The summed E-state index contributed by atoms with van der Waals surface area (Å²) < 4.78 is 33.5. The van der Waals surface area contributed by atoms with Crippen molar-refractivity contribution in [3.8, 4) is 5.75 Å². The summed E-state index contributed by atoms with van der Waals surface area (Å²) in [4.78, 5) is 17.2. The summed E-state index contributed by atoms with van der Waals surface area (Å²) in [6.07, 6.45) is 5.36. The number of carbonyl (C=O) groups is 1. The molecule has 3 aliphatic rings. The minimum Gasteiger partial charge on any atom is -0.491 e. The lowest BCUT2D eigenvalue weighted by molar-refractivity contribution is -0.125. The lowest BCUT2D eigenvalue weighted by Crippen LogP contribution is -2.57. The average molecular weight is 430 g/mol. The van der Waals surface area contributed by atoms with E-state index in [-0.39, 0.29) is 34.8 Å². The lowest BCUT2D eigenvalue weighted by atomic mass is 9.73. The maximum atomic E-state index is 13.2. The zero-order chi connectivity index (χ0) is 21.3. The molecule has 1 saturated carbocycles. The van der Waals surface area contributed by atoms with Gasteiger partial charge in [-0.05, 0) is 75.4 Å². The minimum absolute atomic E-state index is 0.0796. The highest BCUT2D eigenvalue weighted by molar-refractivity contribution is 7.89. The van der Waals surface area contributed by atoms with Gasteiger partial charge in [0.15, 0.2) is 0 Å². The number of fused-ring (bicyclic) bond motifs is 3. The number of sulfonamides is 1. The number of anilines is 1. The van der Waals surface area contributed by atoms with Crippen LogP contribution in [0.1, 0.15) is 33.1 Å². The van der Waals surface area contributed by atoms with Crippen LogP contribution in [-0.2, 0) is 14.8 Å². The fourth-order valence-electron chi connectivity index (χ4n) is 4.46. The van der Waals surface area contributed by atoms with Gasteiger partial charge in [0, 0.05) is 30.7 Å². The number of nitrogens with zero attached hydrogens (tertiary/aromatic N) is 2. The molecular formula is C22H27N3O4S. The Morgan fingerprint density at radius 3 is 2.60 bits per heavy atom. The van der Waals surface area contributed by atoms with Crippen LogP contribution in [-0.4, -0.2) is 42.3 Å². The summed E-state index contributed by atoms with van der Waals surface area (Å²) in [6, 6.07) is 10.1. The summed E-state index contributed by atoms with van der Waals surface area (Å²) in [6.45, 7) is 4.38. The molecule has 8 heteroatoms. The molecule has 7 nitrogen and oxygen atoms in total. The summed E-state index contributed by atoms with van der Waals surface area (Å²) in [7, 11) is -3.68. The van der Waals surface area contributed by atoms with Crippen molar-refractivity contribution in [2.24, 2.45) is 11.8 Å². The number of piperidine rings is 2. The van der Waals surface area contributed by atoms with Crippen LogP contribution in [0.2, 0.25) is 0 Å². The van der Waals surface area contributed by atoms with Crippen molar-refractivity contribution in [2.75, 3.05) is 11.9 Å². The molecule has 2 aromatic rings. The SMILES string of the molecule is CC(C)Oc1ccc(NC(=O)[C@@H]2C[C@@H]3CC[C@H]2N(S(=O)(=O)c2cccnc2)C3)cc1. The number of ether oxygens (including phenoxy) is 1. The Balaban J connectivity index is 1.50. The monoisotopic (exact) mass is 429 g/mol. The number of pyridine rings is 1. The molecule has 1 aliphatic carbocycles. The molecule has 1 aromatic carbocycles. The maximum absolute atomic E-state index is 13.2. The van der Waals surface area contributed by atoms with Gasteiger partial charge in [-0.15, -0.1) is 0 Å². The van der Waals surface area contributed by atoms with Gasteiger partial charge in [0.05, 0.1) is 12.0 Å². The van der Waals surface area contributed by atoms with Gasteiger partial charge in [-0.3, -0.25) is 9.78 Å². The van der Waals surface area contributed by atoms with Crippen molar-refractivity contribution < 1.29 is 17.9 Å². The smallest absolute Gasteiger partial charge is 0.244 e. The Labute approximate surface area is 177 Å². The van der Waals surface area contributed by atoms with Crippen LogP contribution in [0, 0.1) is 11.8 Å². The first kappa shape index (κ1) is 20.8. The minimum atomic E-state index is -3.68. The highest BCUT2D eigenvalue weighted by atomic mass is 32.2. The Bertz CT molecular complexity index is 993. The third-order valence-corrected chi connectivity index (χ3v) is 7.68. The van der Waals surface area contributed by atoms with Crippen LogP contribution in [0.25, 0.3) is 0 Å². The van der Waals surface area contributed by atoms with Crippen LogP contribution in [0.5, 0.6) is 5.75 Å². The predicted octanol–water partition coefficient (Wildman–Crippen LogP) is 3.30. The van der Waals surface area contributed by atoms with E-state index < -0.39 is 10.0 Å². The molecule has 1 amide bonds. The standard InChI is InChI=1S/C22H27N3O4S/c1-15(2)29-18-8-6-17(7-9-18)24-22(26)20-12-16-5-10-21(20)25(14-16)30(27,28)19-4-3-11-23-13-19/h3-4,6-9,11,13,15-16,20-21H,5,10,12,14H2,1-2H3,(H,24,26)/t16-,20+,21+/m0/s1. The van der Waals surface area contributed by atoms with E-state index in [1.165, 1.54) is 10.5 Å². The normalized spacial score (nSPS) is 24.0. The number of aromatic nitrogens is 1. The molecule has 5 rings (SSSR count). The van der Waals surface area contributed by atoms with Crippen LogP contribution in [0.15, 0.2) is 53.7 Å². The Morgan fingerprint density at radius 1 is 1.20 bits per heavy atom. The fraction of sp³-hybridized carbons (Fsp3) is 0.455. The van der Waals surface area contributed by atoms with Crippen LogP contribution in [0.4, 0.5) is 5.69 Å². The molecule has 30 heavy (non-hydrogen) atoms. The molecule has 1 N–H and O–H groups in total. The number of hydrogen-bond donors (Lipinski definition) is 1. The van der Waals surface area contributed by atoms with E-state index in [0.29, 0.717) is 25.1 Å². The molecule has 0 unspecified atom stereocenters. The van der Waals surface area contributed by atoms with E-state index in [4.69, 9.17) is 4.74 Å². The number of carbonyl (C=O) groups excluding carboxylic acids is 1. The largest absolute Gasteiger partial charge is 0.491 e. The molecular weight excluding hydrogens is 402 g/mol. The molecule has 3 heterocycles. The number of nitrogens with one attached hydrogen (secondary N) is 1. The molecule has 3 fully saturated rings. The summed E-state index contributed by atoms with van der Waals surface area (Å²) >= 11 is 0. The topological polar surface area (TPSA) is 88.6 Å². The first-order valence-electron chi connectivity index (χ1n) is 10.3. The molecule has 2 saturated heterocycles. The first-order chi connectivity index (χ1) is 14.3. The number of rotatable bonds is 6. The van der Waals surface area contributed by atoms with E-state index in [0.717, 1.165) is 12.2 Å². The van der Waals surface area contributed by atoms with Crippen molar-refractivity contribution >= 4 is 21.6 Å². The van der Waals surface area contributed by atoms with Crippen molar-refractivity contribution in [1.82, 2.24) is 9.29 Å². The van der Waals surface area contributed by atoms with Crippen molar-refractivity contribution in [3.05, 3.63) is 48.8 Å². The van der Waals surface area contributed by atoms with E-state index in [2.05, 4.69) is 10.3 Å². The van der Waals surface area contributed by atoms with Crippen molar-refractivity contribution in [1.29, 1.82) is 0 Å². The number of amides is 1. The Kier molecular flexibility index (Phi) is 5.79. The van der Waals surface area contributed by atoms with Gasteiger partial charge in [0.1, 0.15) is 10.6 Å². The zero-order valence-corrected chi connectivity index (χ0v) is 18.0. The number of benzene rings is 1. The van der Waals surface area contributed by atoms with E-state index in [1.54, 1.807) is 30.5 Å². The first-order valence-corrected chi connectivity index (χ1v) is 11.8. The zero-order valence-electron chi connectivity index (χ0n) is 17.2. The van der Waals surface area contributed by atoms with Crippen molar-refractivity contribution in [2.45, 2.75) is 50.2 Å². The van der Waals surface area contributed by atoms with E-state index in [9.17, 15) is 13.2 Å². The predicted molar refractivity (Wildman–Crippen MR) is 114 cm³/mol. The average Bonchev–Trinajstić information content (AvgIpc) is 2.75. The highest BCUT2D eigenvalue weighted by Gasteiger charge is 2.48. The summed E-state index contributed by atoms with van der Waals surface area (Å²) in [5.41, 5.74) is 0.680. The second kappa shape index (κ2) is 8.35. The van der Waals surface area contributed by atoms with Gasteiger partial charge >= 0.3 is 0 Å². The second-order valence-corrected chi connectivity index (χ2v) is 10.2. The molecule has 2 aliphatic heterocycles. The Morgan fingerprint density at radius 2 is 1.97 bits per heavy atom. The fourth-order valence-corrected chi connectivity index (χ4v) is 6.19. The third-order valence-electron chi connectivity index (χ3n) is 5.80.